The fraction of sp³-hybridized carbons (Fsp3) is 0.286. The number of nitrogens with zero attached hydrogens (tertiary/aromatic N) is 2. The molecule has 8 heteroatoms. The molecule has 3 aromatic rings. The second-order valence-corrected chi connectivity index (χ2v) is 12.3. The quantitative estimate of drug-likeness (QED) is 0.372. The van der Waals surface area contributed by atoms with Crippen LogP contribution in [0.15, 0.2) is 103 Å². The van der Waals surface area contributed by atoms with E-state index in [4.69, 9.17) is 0 Å². The van der Waals surface area contributed by atoms with Crippen molar-refractivity contribution < 1.29 is 24.0 Å². The Morgan fingerprint density at radius 2 is 1.09 bits per heavy atom. The van der Waals surface area contributed by atoms with Crippen molar-refractivity contribution in [1.29, 1.82) is 0 Å². The van der Waals surface area contributed by atoms with Crippen molar-refractivity contribution in [3.63, 3.8) is 0 Å². The number of nitrogens with one attached hydrogen (secondary N) is 1. The molecule has 6 aliphatic rings. The van der Waals surface area contributed by atoms with Gasteiger partial charge in [-0.15, -0.1) is 0 Å². The first-order valence-corrected chi connectivity index (χ1v) is 14.9. The summed E-state index contributed by atoms with van der Waals surface area (Å²) in [6, 6.07) is 26.2. The van der Waals surface area contributed by atoms with Gasteiger partial charge in [0.15, 0.2) is 0 Å². The van der Waals surface area contributed by atoms with Crippen LogP contribution in [0.5, 0.6) is 0 Å². The van der Waals surface area contributed by atoms with Crippen LogP contribution in [-0.4, -0.2) is 35.1 Å². The summed E-state index contributed by atoms with van der Waals surface area (Å²) in [5.41, 5.74) is -0.399. The van der Waals surface area contributed by atoms with E-state index >= 15 is 0 Å². The Hall–Kier alpha value is -4.85. The minimum Gasteiger partial charge on any atom is -0.341 e. The third-order valence-corrected chi connectivity index (χ3v) is 10.4. The van der Waals surface area contributed by atoms with Crippen molar-refractivity contribution in [3.8, 4) is 0 Å². The van der Waals surface area contributed by atoms with Crippen LogP contribution in [-0.2, 0) is 19.2 Å². The molecule has 0 radical (unpaired) electrons. The number of carbonyl (C=O) groups excluding carboxylic acids is 5. The van der Waals surface area contributed by atoms with Crippen LogP contribution in [0, 0.1) is 29.1 Å². The molecule has 2 unspecified atom stereocenters. The van der Waals surface area contributed by atoms with Gasteiger partial charge in [0.1, 0.15) is 0 Å². The average Bonchev–Trinajstić information content (AvgIpc) is 3.49. The molecule has 3 aromatic carbocycles. The first-order chi connectivity index (χ1) is 20.9. The molecule has 1 spiro atoms. The van der Waals surface area contributed by atoms with Crippen LogP contribution in [0.3, 0.4) is 0 Å². The minimum atomic E-state index is -1.57. The van der Waals surface area contributed by atoms with Crippen molar-refractivity contribution in [2.45, 2.75) is 31.2 Å². The Morgan fingerprint density at radius 3 is 1.60 bits per heavy atom. The maximum absolute atomic E-state index is 14.6. The molecule has 2 saturated heterocycles. The third-order valence-electron chi connectivity index (χ3n) is 10.4. The predicted octanol–water partition coefficient (Wildman–Crippen LogP) is 4.28. The maximum atomic E-state index is 14.6. The van der Waals surface area contributed by atoms with Gasteiger partial charge in [0.2, 0.25) is 23.6 Å². The lowest BCUT2D eigenvalue weighted by Crippen LogP contribution is -2.74. The Kier molecular flexibility index (Phi) is 5.45. The van der Waals surface area contributed by atoms with Crippen LogP contribution < -0.4 is 15.1 Å². The average molecular weight is 572 g/mol. The van der Waals surface area contributed by atoms with Crippen LogP contribution in [0.2, 0.25) is 0 Å². The number of anilines is 2. The van der Waals surface area contributed by atoms with E-state index in [1.165, 1.54) is 9.80 Å². The Balaban J connectivity index is 1.38. The summed E-state index contributed by atoms with van der Waals surface area (Å²) in [6.45, 7) is 0. The maximum Gasteiger partial charge on any atom is 0.252 e. The second-order valence-electron chi connectivity index (χ2n) is 12.3. The number of imide groups is 2. The number of amides is 5. The Bertz CT molecular complexity index is 1650. The molecule has 2 heterocycles. The lowest BCUT2D eigenvalue weighted by Gasteiger charge is -2.63. The number of carbonyl (C=O) groups is 5. The monoisotopic (exact) mass is 571 g/mol. The molecule has 9 rings (SSSR count). The Labute approximate surface area is 248 Å². The molecule has 5 amide bonds. The van der Waals surface area contributed by atoms with Gasteiger partial charge in [-0.1, -0.05) is 72.7 Å². The highest BCUT2D eigenvalue weighted by Crippen LogP contribution is 2.71. The van der Waals surface area contributed by atoms with E-state index in [2.05, 4.69) is 5.32 Å². The zero-order chi connectivity index (χ0) is 29.5. The molecule has 1 N–H and O–H groups in total. The van der Waals surface area contributed by atoms with E-state index in [0.717, 1.165) is 18.4 Å². The molecule has 43 heavy (non-hydrogen) atoms. The molecular weight excluding hydrogens is 542 g/mol. The first kappa shape index (κ1) is 25.8. The highest BCUT2D eigenvalue weighted by atomic mass is 16.2. The smallest absolute Gasteiger partial charge is 0.252 e. The third kappa shape index (κ3) is 3.23. The second kappa shape index (κ2) is 9.07. The number of rotatable bonds is 4. The summed E-state index contributed by atoms with van der Waals surface area (Å²) in [5.74, 6) is -5.95. The zero-order valence-corrected chi connectivity index (χ0v) is 23.3. The van der Waals surface area contributed by atoms with Gasteiger partial charge in [-0.05, 0) is 55.7 Å². The topological polar surface area (TPSA) is 104 Å². The fourth-order valence-electron chi connectivity index (χ4n) is 8.95. The summed E-state index contributed by atoms with van der Waals surface area (Å²) in [7, 11) is 0. The number of allylic oxidation sites excluding steroid dienone is 1. The van der Waals surface area contributed by atoms with Crippen LogP contribution in [0.4, 0.5) is 11.4 Å². The van der Waals surface area contributed by atoms with E-state index in [1.807, 2.05) is 18.2 Å². The molecule has 4 aliphatic carbocycles. The van der Waals surface area contributed by atoms with Gasteiger partial charge in [-0.2, -0.15) is 0 Å². The standard InChI is InChI=1S/C35H29N3O5/c39-29(21-12-4-1-5-13-21)36-35-20-22-14-10-11-19-34(22,25-27(35)32(42)37(30(25)40)23-15-6-2-7-16-23)26-28(35)33(43)38(31(26)41)24-17-8-3-9-18-24/h1-9,12-13,15-18,20,25-28H,10-11,14,19H2,(H,36,39)/t25-,26+,27+,28-,34?,35?. The van der Waals surface area contributed by atoms with Crippen molar-refractivity contribution >= 4 is 40.9 Å². The van der Waals surface area contributed by atoms with Crippen molar-refractivity contribution in [1.82, 2.24) is 5.32 Å². The van der Waals surface area contributed by atoms with Gasteiger partial charge in [0.25, 0.3) is 5.91 Å². The SMILES string of the molecule is O=C(NC12C=C3CCCCC3([C@@H]3C(=O)N(c4ccccc4)C(=O)[C@@H]31)[C@H]1C(=O)N(c3ccccc3)C(=O)[C@H]12)c1ccccc1. The number of para-hydroxylation sites is 2. The van der Waals surface area contributed by atoms with Crippen LogP contribution in [0.1, 0.15) is 36.0 Å². The van der Waals surface area contributed by atoms with Gasteiger partial charge in [-0.25, -0.2) is 9.80 Å². The van der Waals surface area contributed by atoms with Gasteiger partial charge < -0.3 is 5.32 Å². The molecule has 2 bridgehead atoms. The van der Waals surface area contributed by atoms with Crippen LogP contribution in [0.25, 0.3) is 0 Å². The summed E-state index contributed by atoms with van der Waals surface area (Å²) in [6.07, 6.45) is 4.70. The molecule has 4 fully saturated rings. The first-order valence-electron chi connectivity index (χ1n) is 14.9. The molecule has 8 nitrogen and oxygen atoms in total. The summed E-state index contributed by atoms with van der Waals surface area (Å²) in [4.78, 5) is 74.7. The number of hydrogen-bond acceptors (Lipinski definition) is 5. The number of benzene rings is 3. The van der Waals surface area contributed by atoms with Gasteiger partial charge >= 0.3 is 0 Å². The highest BCUT2D eigenvalue weighted by Gasteiger charge is 2.81. The largest absolute Gasteiger partial charge is 0.341 e. The summed E-state index contributed by atoms with van der Waals surface area (Å²) >= 11 is 0. The summed E-state index contributed by atoms with van der Waals surface area (Å²) in [5, 5.41) is 3.14. The normalized spacial score (nSPS) is 32.3. The lowest BCUT2D eigenvalue weighted by molar-refractivity contribution is -0.155. The van der Waals surface area contributed by atoms with E-state index < -0.39 is 52.3 Å². The number of hydrogen-bond donors (Lipinski definition) is 1. The van der Waals surface area contributed by atoms with Crippen molar-refractivity contribution in [3.05, 3.63) is 108 Å². The van der Waals surface area contributed by atoms with Crippen LogP contribution >= 0.6 is 0 Å². The Morgan fingerprint density at radius 1 is 0.628 bits per heavy atom. The molecule has 214 valence electrons. The van der Waals surface area contributed by atoms with Crippen molar-refractivity contribution in [2.24, 2.45) is 29.1 Å². The molecule has 6 atom stereocenters. The van der Waals surface area contributed by atoms with Gasteiger partial charge in [-0.3, -0.25) is 24.0 Å². The lowest BCUT2D eigenvalue weighted by atomic mass is 9.39. The highest BCUT2D eigenvalue weighted by molar-refractivity contribution is 6.28. The molecule has 2 saturated carbocycles. The van der Waals surface area contributed by atoms with E-state index in [0.29, 0.717) is 29.8 Å². The summed E-state index contributed by atoms with van der Waals surface area (Å²) < 4.78 is 0. The zero-order valence-electron chi connectivity index (χ0n) is 23.3. The van der Waals surface area contributed by atoms with Gasteiger partial charge in [0, 0.05) is 11.0 Å². The predicted molar refractivity (Wildman–Crippen MR) is 157 cm³/mol. The van der Waals surface area contributed by atoms with E-state index in [9.17, 15) is 24.0 Å². The van der Waals surface area contributed by atoms with Gasteiger partial charge in [0.05, 0.1) is 40.6 Å². The minimum absolute atomic E-state index is 0.364. The molecular formula is C35H29N3O5. The molecule has 2 aliphatic heterocycles. The van der Waals surface area contributed by atoms with E-state index in [-0.39, 0.29) is 11.8 Å². The molecule has 0 aromatic heterocycles. The fourth-order valence-corrected chi connectivity index (χ4v) is 8.95. The van der Waals surface area contributed by atoms with E-state index in [1.54, 1.807) is 78.9 Å². The van der Waals surface area contributed by atoms with Crippen molar-refractivity contribution in [2.75, 3.05) is 9.80 Å².